The summed E-state index contributed by atoms with van der Waals surface area (Å²) < 4.78 is 0. The molecule has 0 aliphatic heterocycles. The molecular weight excluding hydrogens is 226 g/mol. The van der Waals surface area contributed by atoms with Crippen molar-refractivity contribution in [3.8, 4) is 0 Å². The molecule has 0 aromatic heterocycles. The molecule has 0 radical (unpaired) electrons. The average molecular weight is 251 g/mol. The zero-order valence-electron chi connectivity index (χ0n) is 11.5. The highest BCUT2D eigenvalue weighted by atomic mass is 32.2. The maximum Gasteiger partial charge on any atom is 0.0412 e. The Balaban J connectivity index is 2.78. The molecule has 96 valence electrons. The number of nitrogens with one attached hydrogen (secondary N) is 1. The number of hydrogen-bond donors (Lipinski definition) is 1. The molecule has 0 saturated heterocycles. The van der Waals surface area contributed by atoms with Gasteiger partial charge in [0.25, 0.3) is 0 Å². The second-order valence-corrected chi connectivity index (χ2v) is 5.91. The molecule has 0 heterocycles. The van der Waals surface area contributed by atoms with Crippen molar-refractivity contribution in [3.63, 3.8) is 0 Å². The summed E-state index contributed by atoms with van der Waals surface area (Å²) in [6.07, 6.45) is 1.19. The molecule has 1 rings (SSSR count). The van der Waals surface area contributed by atoms with Gasteiger partial charge >= 0.3 is 0 Å². The fraction of sp³-hybridized carbons (Fsp3) is 0.600. The predicted octanol–water partition coefficient (Wildman–Crippen LogP) is 4.10. The van der Waals surface area contributed by atoms with Gasteiger partial charge in [0.1, 0.15) is 0 Å². The van der Waals surface area contributed by atoms with Gasteiger partial charge in [0.2, 0.25) is 0 Å². The normalized spacial score (nSPS) is 12.7. The Kier molecular flexibility index (Phi) is 6.68. The zero-order valence-corrected chi connectivity index (χ0v) is 12.4. The Morgan fingerprint density at radius 2 is 1.76 bits per heavy atom. The van der Waals surface area contributed by atoms with Crippen molar-refractivity contribution in [2.75, 3.05) is 18.1 Å². The topological polar surface area (TPSA) is 12.0 Å². The standard InChI is InChI=1S/C15H25NS/c1-5-7-16-15(11-17-6-2)14-9-12(3)8-13(4)10-14/h8-10,15-16H,5-7,11H2,1-4H3. The number of benzene rings is 1. The van der Waals surface area contributed by atoms with Crippen LogP contribution in [-0.2, 0) is 0 Å². The highest BCUT2D eigenvalue weighted by Crippen LogP contribution is 2.21. The number of hydrogen-bond acceptors (Lipinski definition) is 2. The molecule has 0 aliphatic rings. The van der Waals surface area contributed by atoms with Crippen LogP contribution in [0.4, 0.5) is 0 Å². The summed E-state index contributed by atoms with van der Waals surface area (Å²) >= 11 is 2.01. The second-order valence-electron chi connectivity index (χ2n) is 4.59. The van der Waals surface area contributed by atoms with Crippen molar-refractivity contribution in [2.45, 2.75) is 40.2 Å². The highest BCUT2D eigenvalue weighted by Gasteiger charge is 2.10. The third-order valence-corrected chi connectivity index (χ3v) is 3.75. The second kappa shape index (κ2) is 7.78. The summed E-state index contributed by atoms with van der Waals surface area (Å²) in [5.41, 5.74) is 4.17. The van der Waals surface area contributed by atoms with E-state index < -0.39 is 0 Å². The van der Waals surface area contributed by atoms with Crippen molar-refractivity contribution < 1.29 is 0 Å². The quantitative estimate of drug-likeness (QED) is 0.783. The molecule has 1 N–H and O–H groups in total. The third kappa shape index (κ3) is 5.13. The fourth-order valence-electron chi connectivity index (χ4n) is 2.04. The van der Waals surface area contributed by atoms with Crippen LogP contribution in [0.5, 0.6) is 0 Å². The third-order valence-electron chi connectivity index (χ3n) is 2.78. The molecule has 0 aliphatic carbocycles. The van der Waals surface area contributed by atoms with E-state index in [2.05, 4.69) is 51.2 Å². The summed E-state index contributed by atoms with van der Waals surface area (Å²) in [5.74, 6) is 2.36. The van der Waals surface area contributed by atoms with Gasteiger partial charge in [-0.1, -0.05) is 43.2 Å². The first kappa shape index (κ1) is 14.6. The molecule has 1 nitrogen and oxygen atoms in total. The molecule has 1 aromatic carbocycles. The molecule has 1 unspecified atom stereocenters. The number of thioether (sulfide) groups is 1. The van der Waals surface area contributed by atoms with Crippen LogP contribution in [0.3, 0.4) is 0 Å². The maximum atomic E-state index is 3.65. The van der Waals surface area contributed by atoms with Gasteiger partial charge in [0.15, 0.2) is 0 Å². The molecule has 0 fully saturated rings. The van der Waals surface area contributed by atoms with E-state index in [1.165, 1.54) is 34.6 Å². The monoisotopic (exact) mass is 251 g/mol. The van der Waals surface area contributed by atoms with Crippen LogP contribution in [0.15, 0.2) is 18.2 Å². The van der Waals surface area contributed by atoms with E-state index >= 15 is 0 Å². The minimum Gasteiger partial charge on any atom is -0.309 e. The minimum absolute atomic E-state index is 0.499. The summed E-state index contributed by atoms with van der Waals surface area (Å²) in [6, 6.07) is 7.37. The zero-order chi connectivity index (χ0) is 12.7. The van der Waals surface area contributed by atoms with Crippen LogP contribution in [0.2, 0.25) is 0 Å². The van der Waals surface area contributed by atoms with E-state index in [0.29, 0.717) is 6.04 Å². The molecule has 1 atom stereocenters. The van der Waals surface area contributed by atoms with Gasteiger partial charge in [-0.15, -0.1) is 0 Å². The largest absolute Gasteiger partial charge is 0.309 e. The van der Waals surface area contributed by atoms with Gasteiger partial charge in [-0.05, 0) is 38.1 Å². The van der Waals surface area contributed by atoms with E-state index in [4.69, 9.17) is 0 Å². The van der Waals surface area contributed by atoms with E-state index in [9.17, 15) is 0 Å². The Morgan fingerprint density at radius 1 is 1.12 bits per heavy atom. The smallest absolute Gasteiger partial charge is 0.0412 e. The number of rotatable bonds is 7. The van der Waals surface area contributed by atoms with E-state index in [1.54, 1.807) is 0 Å². The molecule has 0 spiro atoms. The molecule has 0 amide bonds. The first-order valence-electron chi connectivity index (χ1n) is 6.56. The van der Waals surface area contributed by atoms with Crippen molar-refractivity contribution in [2.24, 2.45) is 0 Å². The molecular formula is C15H25NS. The van der Waals surface area contributed by atoms with Gasteiger partial charge < -0.3 is 5.32 Å². The average Bonchev–Trinajstić information content (AvgIpc) is 2.28. The Bertz CT molecular complexity index is 307. The van der Waals surface area contributed by atoms with Crippen LogP contribution in [0, 0.1) is 13.8 Å². The molecule has 0 saturated carbocycles. The lowest BCUT2D eigenvalue weighted by Gasteiger charge is -2.19. The first-order valence-corrected chi connectivity index (χ1v) is 7.72. The first-order chi connectivity index (χ1) is 8.17. The van der Waals surface area contributed by atoms with E-state index in [0.717, 1.165) is 6.54 Å². The van der Waals surface area contributed by atoms with Crippen molar-refractivity contribution in [3.05, 3.63) is 34.9 Å². The van der Waals surface area contributed by atoms with Gasteiger partial charge in [-0.2, -0.15) is 11.8 Å². The maximum absolute atomic E-state index is 3.65. The van der Waals surface area contributed by atoms with E-state index in [1.807, 2.05) is 11.8 Å². The van der Waals surface area contributed by atoms with Crippen LogP contribution in [0.1, 0.15) is 43.0 Å². The van der Waals surface area contributed by atoms with Crippen LogP contribution in [-0.4, -0.2) is 18.1 Å². The number of aryl methyl sites for hydroxylation is 2. The van der Waals surface area contributed by atoms with Gasteiger partial charge in [-0.25, -0.2) is 0 Å². The Hall–Kier alpha value is -0.470. The summed E-state index contributed by atoms with van der Waals surface area (Å²) in [7, 11) is 0. The fourth-order valence-corrected chi connectivity index (χ4v) is 2.82. The molecule has 1 aromatic rings. The minimum atomic E-state index is 0.499. The summed E-state index contributed by atoms with van der Waals surface area (Å²) in [4.78, 5) is 0. The van der Waals surface area contributed by atoms with E-state index in [-0.39, 0.29) is 0 Å². The lowest BCUT2D eigenvalue weighted by molar-refractivity contribution is 0.577. The van der Waals surface area contributed by atoms with Crippen molar-refractivity contribution in [1.29, 1.82) is 0 Å². The Labute approximate surface area is 110 Å². The lowest BCUT2D eigenvalue weighted by atomic mass is 10.0. The van der Waals surface area contributed by atoms with Crippen molar-refractivity contribution in [1.82, 2.24) is 5.32 Å². The SMILES string of the molecule is CCCNC(CSCC)c1cc(C)cc(C)c1. The Morgan fingerprint density at radius 3 is 2.29 bits per heavy atom. The van der Waals surface area contributed by atoms with Crippen molar-refractivity contribution >= 4 is 11.8 Å². The molecule has 2 heteroatoms. The molecule has 0 bridgehead atoms. The summed E-state index contributed by atoms with van der Waals surface area (Å²) in [6.45, 7) is 9.91. The van der Waals surface area contributed by atoms with Crippen LogP contribution in [0.25, 0.3) is 0 Å². The highest BCUT2D eigenvalue weighted by molar-refractivity contribution is 7.99. The van der Waals surface area contributed by atoms with Gasteiger partial charge in [-0.3, -0.25) is 0 Å². The van der Waals surface area contributed by atoms with Crippen LogP contribution >= 0.6 is 11.8 Å². The van der Waals surface area contributed by atoms with Crippen LogP contribution < -0.4 is 5.32 Å². The van der Waals surface area contributed by atoms with Gasteiger partial charge in [0.05, 0.1) is 0 Å². The lowest BCUT2D eigenvalue weighted by Crippen LogP contribution is -2.24. The predicted molar refractivity (Wildman–Crippen MR) is 79.9 cm³/mol. The summed E-state index contributed by atoms with van der Waals surface area (Å²) in [5, 5.41) is 3.65. The molecule has 17 heavy (non-hydrogen) atoms. The van der Waals surface area contributed by atoms with Gasteiger partial charge in [0, 0.05) is 11.8 Å².